The van der Waals surface area contributed by atoms with Gasteiger partial charge in [0.25, 0.3) is 0 Å². The van der Waals surface area contributed by atoms with Crippen molar-refractivity contribution in [3.63, 3.8) is 0 Å². The van der Waals surface area contributed by atoms with Gasteiger partial charge in [-0.3, -0.25) is 4.90 Å². The highest BCUT2D eigenvalue weighted by molar-refractivity contribution is 5.83. The van der Waals surface area contributed by atoms with Gasteiger partial charge in [0.2, 0.25) is 0 Å². The summed E-state index contributed by atoms with van der Waals surface area (Å²) in [5, 5.41) is 2.69. The standard InChI is InChI=1S/C17H22N2/c1-13-4-5-15-11-16(7-6-14(15)10-13)17-12-18(2)8-9-19(17)3/h4-7,10-11,17H,8-9,12H2,1-3H3. The highest BCUT2D eigenvalue weighted by Crippen LogP contribution is 2.27. The van der Waals surface area contributed by atoms with Gasteiger partial charge in [0.1, 0.15) is 0 Å². The highest BCUT2D eigenvalue weighted by Gasteiger charge is 2.23. The molecular weight excluding hydrogens is 232 g/mol. The SMILES string of the molecule is Cc1ccc2cc(C3CN(C)CCN3C)ccc2c1. The zero-order chi connectivity index (χ0) is 13.4. The maximum Gasteiger partial charge on any atom is 0.0472 e. The minimum Gasteiger partial charge on any atom is -0.303 e. The molecule has 0 bridgehead atoms. The fourth-order valence-electron chi connectivity index (χ4n) is 2.96. The Morgan fingerprint density at radius 2 is 1.68 bits per heavy atom. The van der Waals surface area contributed by atoms with Crippen LogP contribution in [0.1, 0.15) is 17.2 Å². The second-order valence-electron chi connectivity index (χ2n) is 5.87. The molecule has 0 saturated carbocycles. The van der Waals surface area contributed by atoms with E-state index < -0.39 is 0 Å². The summed E-state index contributed by atoms with van der Waals surface area (Å²) in [6, 6.07) is 14.1. The fraction of sp³-hybridized carbons (Fsp3) is 0.412. The number of rotatable bonds is 1. The quantitative estimate of drug-likeness (QED) is 0.771. The lowest BCUT2D eigenvalue weighted by molar-refractivity contribution is 0.115. The van der Waals surface area contributed by atoms with E-state index in [1.807, 2.05) is 0 Å². The number of nitrogens with zero attached hydrogens (tertiary/aromatic N) is 2. The summed E-state index contributed by atoms with van der Waals surface area (Å²) < 4.78 is 0. The van der Waals surface area contributed by atoms with Gasteiger partial charge in [-0.25, -0.2) is 0 Å². The van der Waals surface area contributed by atoms with E-state index >= 15 is 0 Å². The van der Waals surface area contributed by atoms with Crippen LogP contribution in [-0.2, 0) is 0 Å². The van der Waals surface area contributed by atoms with Crippen molar-refractivity contribution in [3.05, 3.63) is 47.5 Å². The third-order valence-corrected chi connectivity index (χ3v) is 4.26. The highest BCUT2D eigenvalue weighted by atomic mass is 15.3. The first kappa shape index (κ1) is 12.6. The molecule has 100 valence electrons. The van der Waals surface area contributed by atoms with Crippen LogP contribution in [0, 0.1) is 6.92 Å². The van der Waals surface area contributed by atoms with Crippen molar-refractivity contribution in [3.8, 4) is 0 Å². The van der Waals surface area contributed by atoms with Crippen LogP contribution in [-0.4, -0.2) is 43.5 Å². The monoisotopic (exact) mass is 254 g/mol. The van der Waals surface area contributed by atoms with Crippen molar-refractivity contribution >= 4 is 10.8 Å². The molecule has 1 saturated heterocycles. The lowest BCUT2D eigenvalue weighted by Crippen LogP contribution is -2.44. The molecule has 1 unspecified atom stereocenters. The van der Waals surface area contributed by atoms with Gasteiger partial charge in [0.15, 0.2) is 0 Å². The molecule has 3 rings (SSSR count). The molecule has 1 aliphatic heterocycles. The molecule has 2 heteroatoms. The third-order valence-electron chi connectivity index (χ3n) is 4.26. The summed E-state index contributed by atoms with van der Waals surface area (Å²) in [7, 11) is 4.45. The van der Waals surface area contributed by atoms with Gasteiger partial charge in [-0.15, -0.1) is 0 Å². The fourth-order valence-corrected chi connectivity index (χ4v) is 2.96. The zero-order valence-electron chi connectivity index (χ0n) is 12.1. The summed E-state index contributed by atoms with van der Waals surface area (Å²) in [5.74, 6) is 0. The van der Waals surface area contributed by atoms with E-state index in [9.17, 15) is 0 Å². The predicted molar refractivity (Wildman–Crippen MR) is 81.6 cm³/mol. The minimum atomic E-state index is 0.518. The summed E-state index contributed by atoms with van der Waals surface area (Å²) in [6.07, 6.45) is 0. The molecular formula is C17H22N2. The Morgan fingerprint density at radius 3 is 2.53 bits per heavy atom. The molecule has 1 fully saturated rings. The number of piperazine rings is 1. The van der Waals surface area contributed by atoms with Crippen molar-refractivity contribution in [1.29, 1.82) is 0 Å². The molecule has 2 aromatic carbocycles. The van der Waals surface area contributed by atoms with E-state index in [2.05, 4.69) is 67.2 Å². The van der Waals surface area contributed by atoms with E-state index in [1.54, 1.807) is 0 Å². The van der Waals surface area contributed by atoms with Gasteiger partial charge in [0, 0.05) is 25.7 Å². The number of benzene rings is 2. The van der Waals surface area contributed by atoms with E-state index in [0.717, 1.165) is 13.1 Å². The summed E-state index contributed by atoms with van der Waals surface area (Å²) in [6.45, 7) is 5.58. The first-order valence-electron chi connectivity index (χ1n) is 7.02. The average molecular weight is 254 g/mol. The van der Waals surface area contributed by atoms with Crippen LogP contribution < -0.4 is 0 Å². The number of hydrogen-bond acceptors (Lipinski definition) is 2. The lowest BCUT2D eigenvalue weighted by Gasteiger charge is -2.38. The van der Waals surface area contributed by atoms with Crippen LogP contribution in [0.3, 0.4) is 0 Å². The second-order valence-corrected chi connectivity index (χ2v) is 5.87. The first-order chi connectivity index (χ1) is 9.13. The van der Waals surface area contributed by atoms with E-state index in [0.29, 0.717) is 6.04 Å². The minimum absolute atomic E-state index is 0.518. The topological polar surface area (TPSA) is 6.48 Å². The Kier molecular flexibility index (Phi) is 3.29. The molecule has 1 atom stereocenters. The van der Waals surface area contributed by atoms with Crippen LogP contribution in [0.15, 0.2) is 36.4 Å². The molecule has 0 amide bonds. The second kappa shape index (κ2) is 4.95. The van der Waals surface area contributed by atoms with Gasteiger partial charge < -0.3 is 4.90 Å². The predicted octanol–water partition coefficient (Wildman–Crippen LogP) is 3.07. The number of hydrogen-bond donors (Lipinski definition) is 0. The van der Waals surface area contributed by atoms with Gasteiger partial charge in [0.05, 0.1) is 0 Å². The van der Waals surface area contributed by atoms with Crippen LogP contribution in [0.4, 0.5) is 0 Å². The van der Waals surface area contributed by atoms with Gasteiger partial charge >= 0.3 is 0 Å². The average Bonchev–Trinajstić information content (AvgIpc) is 2.41. The Morgan fingerprint density at radius 1 is 0.947 bits per heavy atom. The number of aryl methyl sites for hydroxylation is 1. The molecule has 2 nitrogen and oxygen atoms in total. The summed E-state index contributed by atoms with van der Waals surface area (Å²) in [4.78, 5) is 4.89. The Hall–Kier alpha value is -1.38. The molecule has 19 heavy (non-hydrogen) atoms. The largest absolute Gasteiger partial charge is 0.303 e. The van der Waals surface area contributed by atoms with Gasteiger partial charge in [-0.05, 0) is 43.4 Å². The van der Waals surface area contributed by atoms with Gasteiger partial charge in [-0.2, -0.15) is 0 Å². The molecule has 0 radical (unpaired) electrons. The maximum absolute atomic E-state index is 2.47. The summed E-state index contributed by atoms with van der Waals surface area (Å²) in [5.41, 5.74) is 2.76. The van der Waals surface area contributed by atoms with Crippen molar-refractivity contribution in [2.45, 2.75) is 13.0 Å². The van der Waals surface area contributed by atoms with Crippen molar-refractivity contribution in [2.75, 3.05) is 33.7 Å². The Balaban J connectivity index is 1.98. The first-order valence-corrected chi connectivity index (χ1v) is 7.02. The Labute approximate surface area is 115 Å². The molecule has 2 aromatic rings. The number of likely N-dealkylation sites (N-methyl/N-ethyl adjacent to an activating group) is 2. The summed E-state index contributed by atoms with van der Waals surface area (Å²) >= 11 is 0. The molecule has 1 aliphatic rings. The lowest BCUT2D eigenvalue weighted by atomic mass is 9.98. The van der Waals surface area contributed by atoms with Crippen LogP contribution in [0.25, 0.3) is 10.8 Å². The van der Waals surface area contributed by atoms with Crippen LogP contribution in [0.5, 0.6) is 0 Å². The van der Waals surface area contributed by atoms with Gasteiger partial charge in [-0.1, -0.05) is 35.9 Å². The number of fused-ring (bicyclic) bond motifs is 1. The van der Waals surface area contributed by atoms with Crippen molar-refractivity contribution < 1.29 is 0 Å². The maximum atomic E-state index is 2.47. The molecule has 0 aromatic heterocycles. The normalized spacial score (nSPS) is 21.9. The van der Waals surface area contributed by atoms with E-state index in [1.165, 1.54) is 28.4 Å². The van der Waals surface area contributed by atoms with Crippen LogP contribution >= 0.6 is 0 Å². The Bertz CT molecular complexity index is 591. The molecule has 0 spiro atoms. The zero-order valence-corrected chi connectivity index (χ0v) is 12.1. The van der Waals surface area contributed by atoms with Crippen LogP contribution in [0.2, 0.25) is 0 Å². The van der Waals surface area contributed by atoms with Crippen molar-refractivity contribution in [2.24, 2.45) is 0 Å². The molecule has 1 heterocycles. The van der Waals surface area contributed by atoms with Crippen molar-refractivity contribution in [1.82, 2.24) is 9.80 Å². The third kappa shape index (κ3) is 2.51. The van der Waals surface area contributed by atoms with E-state index in [-0.39, 0.29) is 0 Å². The molecule has 0 N–H and O–H groups in total. The smallest absolute Gasteiger partial charge is 0.0472 e. The van der Waals surface area contributed by atoms with E-state index in [4.69, 9.17) is 0 Å². The molecule has 0 aliphatic carbocycles.